The van der Waals surface area contributed by atoms with Crippen molar-refractivity contribution in [2.24, 2.45) is 0 Å². The van der Waals surface area contributed by atoms with Gasteiger partial charge in [0.25, 0.3) is 0 Å². The topological polar surface area (TPSA) is 23.6 Å². The highest BCUT2D eigenvalue weighted by Gasteiger charge is 2.46. The quantitative estimate of drug-likeness (QED) is 0.596. The molecule has 74 valence electrons. The fraction of sp³-hybridized carbons (Fsp3) is 0.900. The van der Waals surface area contributed by atoms with E-state index in [1.165, 1.54) is 12.8 Å². The molecule has 0 aromatic heterocycles. The Labute approximate surface area is 79.7 Å². The lowest BCUT2D eigenvalue weighted by Gasteiger charge is -2.45. The number of hydrogen-bond donors (Lipinski definition) is 0. The van der Waals surface area contributed by atoms with Gasteiger partial charge in [-0.15, -0.1) is 0 Å². The number of carbonyl (C=O) groups is 1. The third-order valence-electron chi connectivity index (χ3n) is 3.25. The molecule has 0 radical (unpaired) electrons. The first-order valence-electron chi connectivity index (χ1n) is 5.06. The molecule has 0 aromatic rings. The molecule has 0 spiro atoms. The van der Waals surface area contributed by atoms with E-state index in [1.54, 1.807) is 0 Å². The number of nitrogens with zero attached hydrogens (tertiary/aromatic N) is 2. The summed E-state index contributed by atoms with van der Waals surface area (Å²) in [6, 6.07) is 0.688. The third-order valence-corrected chi connectivity index (χ3v) is 3.25. The van der Waals surface area contributed by atoms with E-state index in [-0.39, 0.29) is 11.4 Å². The van der Waals surface area contributed by atoms with Crippen LogP contribution in [0.25, 0.3) is 0 Å². The number of carbonyl (C=O) groups excluding carboxylic acids is 1. The van der Waals surface area contributed by atoms with Crippen molar-refractivity contribution in [1.29, 1.82) is 0 Å². The fourth-order valence-corrected chi connectivity index (χ4v) is 2.25. The average molecular weight is 182 g/mol. The van der Waals surface area contributed by atoms with Crippen LogP contribution in [0.2, 0.25) is 0 Å². The van der Waals surface area contributed by atoms with E-state index >= 15 is 0 Å². The summed E-state index contributed by atoms with van der Waals surface area (Å²) in [7, 11) is 1.90. The van der Waals surface area contributed by atoms with Crippen molar-refractivity contribution in [3.63, 3.8) is 0 Å². The first-order chi connectivity index (χ1) is 6.03. The molecule has 3 heteroatoms. The molecule has 1 heterocycles. The van der Waals surface area contributed by atoms with E-state index in [9.17, 15) is 4.79 Å². The van der Waals surface area contributed by atoms with Crippen LogP contribution >= 0.6 is 0 Å². The number of piperazine rings is 1. The van der Waals surface area contributed by atoms with Crippen molar-refractivity contribution >= 4 is 5.91 Å². The SMILES string of the molecule is CN1CCN(C2CC2)C(C)(C)C1=O. The van der Waals surface area contributed by atoms with Crippen LogP contribution in [-0.4, -0.2) is 47.4 Å². The summed E-state index contributed by atoms with van der Waals surface area (Å²) < 4.78 is 0. The summed E-state index contributed by atoms with van der Waals surface area (Å²) >= 11 is 0. The maximum absolute atomic E-state index is 11.9. The Kier molecular flexibility index (Phi) is 1.88. The zero-order valence-corrected chi connectivity index (χ0v) is 8.71. The second-order valence-corrected chi connectivity index (χ2v) is 4.71. The molecule has 13 heavy (non-hydrogen) atoms. The van der Waals surface area contributed by atoms with E-state index in [4.69, 9.17) is 0 Å². The van der Waals surface area contributed by atoms with Crippen LogP contribution in [0.3, 0.4) is 0 Å². The number of amides is 1. The maximum atomic E-state index is 11.9. The molecule has 0 unspecified atom stereocenters. The molecule has 1 saturated carbocycles. The minimum absolute atomic E-state index is 0.269. The van der Waals surface area contributed by atoms with Gasteiger partial charge >= 0.3 is 0 Å². The Morgan fingerprint density at radius 1 is 1.31 bits per heavy atom. The summed E-state index contributed by atoms with van der Waals surface area (Å²) in [5.74, 6) is 0.269. The van der Waals surface area contributed by atoms with Crippen molar-refractivity contribution in [3.05, 3.63) is 0 Å². The van der Waals surface area contributed by atoms with Crippen LogP contribution in [0.1, 0.15) is 26.7 Å². The van der Waals surface area contributed by atoms with Crippen LogP contribution in [0, 0.1) is 0 Å². The number of hydrogen-bond acceptors (Lipinski definition) is 2. The molecular formula is C10H18N2O. The van der Waals surface area contributed by atoms with Crippen molar-refractivity contribution in [3.8, 4) is 0 Å². The largest absolute Gasteiger partial charge is 0.343 e. The number of rotatable bonds is 1. The molecule has 0 atom stereocenters. The molecule has 0 bridgehead atoms. The molecule has 2 aliphatic rings. The lowest BCUT2D eigenvalue weighted by molar-refractivity contribution is -0.147. The van der Waals surface area contributed by atoms with Gasteiger partial charge in [-0.2, -0.15) is 0 Å². The Balaban J connectivity index is 2.17. The predicted octanol–water partition coefficient (Wildman–Crippen LogP) is 0.701. The fourth-order valence-electron chi connectivity index (χ4n) is 2.25. The normalized spacial score (nSPS) is 29.5. The van der Waals surface area contributed by atoms with Gasteiger partial charge in [0.15, 0.2) is 0 Å². The van der Waals surface area contributed by atoms with Crippen LogP contribution in [-0.2, 0) is 4.79 Å². The zero-order valence-electron chi connectivity index (χ0n) is 8.71. The predicted molar refractivity (Wildman–Crippen MR) is 51.4 cm³/mol. The Hall–Kier alpha value is -0.570. The lowest BCUT2D eigenvalue weighted by Crippen LogP contribution is -2.62. The van der Waals surface area contributed by atoms with Crippen LogP contribution in [0.5, 0.6) is 0 Å². The highest BCUT2D eigenvalue weighted by molar-refractivity contribution is 5.86. The highest BCUT2D eigenvalue weighted by atomic mass is 16.2. The molecule has 1 aliphatic carbocycles. The minimum atomic E-state index is -0.270. The molecule has 1 amide bonds. The van der Waals surface area contributed by atoms with Crippen LogP contribution in [0.4, 0.5) is 0 Å². The summed E-state index contributed by atoms with van der Waals surface area (Å²) in [4.78, 5) is 16.1. The molecule has 0 aromatic carbocycles. The van der Waals surface area contributed by atoms with E-state index in [0.29, 0.717) is 6.04 Å². The van der Waals surface area contributed by atoms with E-state index < -0.39 is 0 Å². The summed E-state index contributed by atoms with van der Waals surface area (Å²) in [5.41, 5.74) is -0.270. The molecule has 2 rings (SSSR count). The smallest absolute Gasteiger partial charge is 0.242 e. The second kappa shape index (κ2) is 2.71. The Morgan fingerprint density at radius 3 is 2.46 bits per heavy atom. The van der Waals surface area contributed by atoms with Crippen molar-refractivity contribution in [1.82, 2.24) is 9.80 Å². The van der Waals surface area contributed by atoms with Gasteiger partial charge in [-0.3, -0.25) is 9.69 Å². The van der Waals surface area contributed by atoms with Crippen LogP contribution < -0.4 is 0 Å². The van der Waals surface area contributed by atoms with Gasteiger partial charge in [0.05, 0.1) is 5.54 Å². The summed E-state index contributed by atoms with van der Waals surface area (Å²) in [5, 5.41) is 0. The molecule has 0 N–H and O–H groups in total. The maximum Gasteiger partial charge on any atom is 0.242 e. The molecule has 1 saturated heterocycles. The standard InChI is InChI=1S/C10H18N2O/c1-10(2)9(13)11(3)6-7-12(10)8-4-5-8/h8H,4-7H2,1-3H3. The minimum Gasteiger partial charge on any atom is -0.343 e. The van der Waals surface area contributed by atoms with E-state index in [1.807, 2.05) is 25.8 Å². The van der Waals surface area contributed by atoms with E-state index in [2.05, 4.69) is 4.90 Å². The van der Waals surface area contributed by atoms with Gasteiger partial charge in [0.2, 0.25) is 5.91 Å². The summed E-state index contributed by atoms with van der Waals surface area (Å²) in [6.07, 6.45) is 2.56. The van der Waals surface area contributed by atoms with Gasteiger partial charge in [-0.25, -0.2) is 0 Å². The first-order valence-corrected chi connectivity index (χ1v) is 5.06. The van der Waals surface area contributed by atoms with Crippen molar-refractivity contribution < 1.29 is 4.79 Å². The van der Waals surface area contributed by atoms with Gasteiger partial charge in [0, 0.05) is 26.2 Å². The van der Waals surface area contributed by atoms with Gasteiger partial charge in [0.1, 0.15) is 0 Å². The van der Waals surface area contributed by atoms with Crippen molar-refractivity contribution in [2.75, 3.05) is 20.1 Å². The van der Waals surface area contributed by atoms with Crippen molar-refractivity contribution in [2.45, 2.75) is 38.3 Å². The zero-order chi connectivity index (χ0) is 9.64. The molecule has 2 fully saturated rings. The van der Waals surface area contributed by atoms with Crippen LogP contribution in [0.15, 0.2) is 0 Å². The molecule has 3 nitrogen and oxygen atoms in total. The lowest BCUT2D eigenvalue weighted by atomic mass is 9.97. The molecular weight excluding hydrogens is 164 g/mol. The molecule has 1 aliphatic heterocycles. The van der Waals surface area contributed by atoms with Gasteiger partial charge < -0.3 is 4.90 Å². The van der Waals surface area contributed by atoms with Gasteiger partial charge in [-0.1, -0.05) is 0 Å². The monoisotopic (exact) mass is 182 g/mol. The van der Waals surface area contributed by atoms with E-state index in [0.717, 1.165) is 13.1 Å². The Bertz CT molecular complexity index is 233. The second-order valence-electron chi connectivity index (χ2n) is 4.71. The first kappa shape index (κ1) is 9.00. The third kappa shape index (κ3) is 1.35. The Morgan fingerprint density at radius 2 is 1.92 bits per heavy atom. The van der Waals surface area contributed by atoms with Gasteiger partial charge in [-0.05, 0) is 26.7 Å². The average Bonchev–Trinajstić information content (AvgIpc) is 2.84. The summed E-state index contributed by atoms with van der Waals surface area (Å²) in [6.45, 7) is 6.02. The highest BCUT2D eigenvalue weighted by Crippen LogP contribution is 2.35. The number of likely N-dealkylation sites (N-methyl/N-ethyl adjacent to an activating group) is 1.